The van der Waals surface area contributed by atoms with E-state index in [1.165, 1.54) is 44.6 Å². The van der Waals surface area contributed by atoms with Crippen LogP contribution in [0.15, 0.2) is 82.6 Å². The molecule has 0 radical (unpaired) electrons. The molecule has 304 valence electrons. The van der Waals surface area contributed by atoms with Crippen LogP contribution < -0.4 is 39.4 Å². The Balaban J connectivity index is 0.000000214. The summed E-state index contributed by atoms with van der Waals surface area (Å²) < 4.78 is 67.4. The number of hydrogen-bond acceptors (Lipinski definition) is 10. The smallest absolute Gasteiger partial charge is 0.263 e. The average Bonchev–Trinajstić information content (AvgIpc) is 3.13. The van der Waals surface area contributed by atoms with Gasteiger partial charge in [0.1, 0.15) is 16.4 Å². The third kappa shape index (κ3) is 10.8. The van der Waals surface area contributed by atoms with Gasteiger partial charge in [0.25, 0.3) is 20.0 Å². The van der Waals surface area contributed by atoms with Gasteiger partial charge >= 0.3 is 0 Å². The molecule has 2 fully saturated rings. The zero-order valence-corrected chi connectivity index (χ0v) is 36.4. The van der Waals surface area contributed by atoms with Crippen LogP contribution in [0.5, 0.6) is 11.5 Å². The van der Waals surface area contributed by atoms with Crippen molar-refractivity contribution in [2.75, 3.05) is 59.6 Å². The number of anilines is 4. The fourth-order valence-corrected chi connectivity index (χ4v) is 10.0. The molecule has 2 saturated heterocycles. The molecule has 0 aliphatic carbocycles. The molecule has 0 unspecified atom stereocenters. The summed E-state index contributed by atoms with van der Waals surface area (Å²) in [6.45, 7) is 11.8. The summed E-state index contributed by atoms with van der Waals surface area (Å²) in [5, 5.41) is 7.59. The monoisotopic (exact) mass is 886 g/mol. The first-order chi connectivity index (χ1) is 26.4. The third-order valence-electron chi connectivity index (χ3n) is 9.11. The first-order valence-electron chi connectivity index (χ1n) is 17.7. The van der Waals surface area contributed by atoms with Crippen LogP contribution in [0.1, 0.15) is 27.7 Å². The molecular weight excluding hydrogens is 842 g/mol. The summed E-state index contributed by atoms with van der Waals surface area (Å²) in [5.41, 5.74) is 2.54. The standard InChI is InChI=1S/2C19H23Cl2N3O3S/c1-12-10-24(11-13(2)22-12)14-4-7-19(27-3)18(8-14)23-28(25,26)15-5-6-16(20)17(21)9-15;1-12-10-24(11-13(2)22-12)14-7-8-17(27-3)16(9-14)23-28(25,26)18-6-4-5-15(20)19(18)21/h2*4-9,12-13,22-23H,10-11H2,1-3H3/t2*12-,13+. The Morgan fingerprint density at radius 3 is 1.50 bits per heavy atom. The van der Waals surface area contributed by atoms with Crippen LogP contribution in [0, 0.1) is 0 Å². The highest BCUT2D eigenvalue weighted by atomic mass is 35.5. The fraction of sp³-hybridized carbons (Fsp3) is 0.368. The van der Waals surface area contributed by atoms with Gasteiger partial charge < -0.3 is 29.9 Å². The number of piperazine rings is 2. The quantitative estimate of drug-likeness (QED) is 0.124. The highest BCUT2D eigenvalue weighted by Gasteiger charge is 2.26. The number of ether oxygens (including phenoxy) is 2. The summed E-state index contributed by atoms with van der Waals surface area (Å²) in [7, 11) is -4.81. The molecule has 0 spiro atoms. The van der Waals surface area contributed by atoms with Gasteiger partial charge in [-0.1, -0.05) is 52.5 Å². The topological polar surface area (TPSA) is 141 Å². The first-order valence-corrected chi connectivity index (χ1v) is 22.2. The van der Waals surface area contributed by atoms with Gasteiger partial charge in [0, 0.05) is 61.7 Å². The molecule has 2 aliphatic rings. The van der Waals surface area contributed by atoms with E-state index in [1.54, 1.807) is 30.3 Å². The second-order valence-electron chi connectivity index (χ2n) is 13.9. The number of nitrogens with one attached hydrogen (secondary N) is 4. The van der Waals surface area contributed by atoms with E-state index in [0.29, 0.717) is 52.1 Å². The van der Waals surface area contributed by atoms with Crippen molar-refractivity contribution in [1.29, 1.82) is 0 Å². The van der Waals surface area contributed by atoms with Crippen molar-refractivity contribution in [3.05, 3.63) is 92.9 Å². The van der Waals surface area contributed by atoms with Crippen molar-refractivity contribution in [3.63, 3.8) is 0 Å². The van der Waals surface area contributed by atoms with Gasteiger partial charge in [-0.05, 0) is 94.4 Å². The third-order valence-corrected chi connectivity index (χ3v) is 13.5. The van der Waals surface area contributed by atoms with Crippen molar-refractivity contribution in [2.45, 2.75) is 61.7 Å². The lowest BCUT2D eigenvalue weighted by molar-refractivity contribution is 0.406. The molecule has 4 atom stereocenters. The van der Waals surface area contributed by atoms with E-state index >= 15 is 0 Å². The number of halogens is 4. The lowest BCUT2D eigenvalue weighted by Crippen LogP contribution is -2.54. The minimum Gasteiger partial charge on any atom is -0.495 e. The molecule has 0 saturated carbocycles. The minimum atomic E-state index is -3.95. The number of benzene rings is 4. The number of nitrogens with zero attached hydrogens (tertiary/aromatic N) is 2. The van der Waals surface area contributed by atoms with Gasteiger partial charge in [-0.15, -0.1) is 0 Å². The Morgan fingerprint density at radius 1 is 0.589 bits per heavy atom. The van der Waals surface area contributed by atoms with Gasteiger partial charge in [-0.2, -0.15) is 0 Å². The van der Waals surface area contributed by atoms with E-state index in [-0.39, 0.29) is 24.9 Å². The summed E-state index contributed by atoms with van der Waals surface area (Å²) in [5.74, 6) is 0.852. The van der Waals surface area contributed by atoms with Crippen molar-refractivity contribution >= 4 is 89.2 Å². The highest BCUT2D eigenvalue weighted by Crippen LogP contribution is 2.36. The van der Waals surface area contributed by atoms with E-state index in [9.17, 15) is 16.8 Å². The predicted molar refractivity (Wildman–Crippen MR) is 229 cm³/mol. The fourth-order valence-electron chi connectivity index (χ4n) is 6.76. The van der Waals surface area contributed by atoms with E-state index in [4.69, 9.17) is 55.9 Å². The van der Waals surface area contributed by atoms with E-state index in [1.807, 2.05) is 12.1 Å². The SMILES string of the molecule is COc1ccc(N2C[C@@H](C)N[C@@H](C)C2)cc1NS(=O)(=O)c1ccc(Cl)c(Cl)c1.COc1ccc(N2C[C@@H](C)N[C@@H](C)C2)cc1NS(=O)(=O)c1cccc(Cl)c1Cl. The lowest BCUT2D eigenvalue weighted by Gasteiger charge is -2.38. The molecule has 4 aromatic carbocycles. The first kappa shape index (κ1) is 43.8. The van der Waals surface area contributed by atoms with Gasteiger partial charge in [0.05, 0.1) is 50.6 Å². The molecule has 0 bridgehead atoms. The number of rotatable bonds is 10. The van der Waals surface area contributed by atoms with Crippen LogP contribution in [0.4, 0.5) is 22.7 Å². The molecule has 4 N–H and O–H groups in total. The largest absolute Gasteiger partial charge is 0.495 e. The van der Waals surface area contributed by atoms with Gasteiger partial charge in [0.2, 0.25) is 0 Å². The zero-order valence-electron chi connectivity index (χ0n) is 31.7. The van der Waals surface area contributed by atoms with E-state index in [2.05, 4.69) is 57.6 Å². The Hall–Kier alpha value is -3.34. The normalized spacial score (nSPS) is 20.1. The second kappa shape index (κ2) is 18.5. The van der Waals surface area contributed by atoms with Crippen LogP contribution in [-0.4, -0.2) is 81.4 Å². The highest BCUT2D eigenvalue weighted by molar-refractivity contribution is 7.93. The van der Waals surface area contributed by atoms with Crippen LogP contribution in [0.2, 0.25) is 20.1 Å². The molecule has 4 aromatic rings. The maximum Gasteiger partial charge on any atom is 0.263 e. The summed E-state index contributed by atoms with van der Waals surface area (Å²) >= 11 is 23.9. The number of sulfonamides is 2. The maximum absolute atomic E-state index is 12.9. The molecule has 56 heavy (non-hydrogen) atoms. The Morgan fingerprint density at radius 2 is 1.05 bits per heavy atom. The summed E-state index contributed by atoms with van der Waals surface area (Å²) in [6.07, 6.45) is 0. The Kier molecular flexibility index (Phi) is 14.5. The zero-order chi connectivity index (χ0) is 40.9. The molecule has 18 heteroatoms. The average molecular weight is 889 g/mol. The molecule has 2 aliphatic heterocycles. The number of hydrogen-bond donors (Lipinski definition) is 4. The van der Waals surface area contributed by atoms with Crippen LogP contribution in [-0.2, 0) is 20.0 Å². The molecule has 0 aromatic heterocycles. The molecule has 0 amide bonds. The van der Waals surface area contributed by atoms with Crippen LogP contribution in [0.3, 0.4) is 0 Å². The second-order valence-corrected chi connectivity index (χ2v) is 18.8. The molecule has 12 nitrogen and oxygen atoms in total. The predicted octanol–water partition coefficient (Wildman–Crippen LogP) is 7.98. The van der Waals surface area contributed by atoms with Crippen molar-refractivity contribution in [3.8, 4) is 11.5 Å². The summed E-state index contributed by atoms with van der Waals surface area (Å²) in [4.78, 5) is 4.38. The Labute approximate surface area is 349 Å². The lowest BCUT2D eigenvalue weighted by atomic mass is 10.1. The minimum absolute atomic E-state index is 0.0171. The Bertz CT molecular complexity index is 2230. The van der Waals surface area contributed by atoms with Crippen molar-refractivity contribution in [2.24, 2.45) is 0 Å². The van der Waals surface area contributed by atoms with Crippen molar-refractivity contribution in [1.82, 2.24) is 10.6 Å². The molecular formula is C38H46Cl4N6O6S2. The van der Waals surface area contributed by atoms with E-state index < -0.39 is 20.0 Å². The molecule has 2 heterocycles. The van der Waals surface area contributed by atoms with Gasteiger partial charge in [-0.3, -0.25) is 9.44 Å². The van der Waals surface area contributed by atoms with E-state index in [0.717, 1.165) is 37.6 Å². The van der Waals surface area contributed by atoms with Crippen LogP contribution in [0.25, 0.3) is 0 Å². The van der Waals surface area contributed by atoms with Crippen molar-refractivity contribution < 1.29 is 26.3 Å². The van der Waals surface area contributed by atoms with Gasteiger partial charge in [0.15, 0.2) is 0 Å². The maximum atomic E-state index is 12.9. The molecule has 6 rings (SSSR count). The summed E-state index contributed by atoms with van der Waals surface area (Å²) in [6, 6.07) is 20.9. The van der Waals surface area contributed by atoms with Gasteiger partial charge in [-0.25, -0.2) is 16.8 Å². The number of methoxy groups -OCH3 is 2. The van der Waals surface area contributed by atoms with Crippen LogP contribution >= 0.6 is 46.4 Å².